The SMILES string of the molecule is Nc1nnc(NCCOC2CCCCC2)o1. The Labute approximate surface area is 94.6 Å². The smallest absolute Gasteiger partial charge is 0.316 e. The normalized spacial score (nSPS) is 17.5. The molecule has 0 amide bonds. The first kappa shape index (κ1) is 11.2. The molecule has 0 spiro atoms. The van der Waals surface area contributed by atoms with Gasteiger partial charge in [0.15, 0.2) is 0 Å². The zero-order chi connectivity index (χ0) is 11.2. The summed E-state index contributed by atoms with van der Waals surface area (Å²) >= 11 is 0. The zero-order valence-electron chi connectivity index (χ0n) is 9.32. The largest absolute Gasteiger partial charge is 0.390 e. The first-order valence-corrected chi connectivity index (χ1v) is 5.79. The molecule has 0 radical (unpaired) electrons. The van der Waals surface area contributed by atoms with Gasteiger partial charge < -0.3 is 20.2 Å². The molecule has 0 aliphatic heterocycles. The van der Waals surface area contributed by atoms with Gasteiger partial charge in [0.25, 0.3) is 0 Å². The maximum Gasteiger partial charge on any atom is 0.316 e. The van der Waals surface area contributed by atoms with Crippen LogP contribution in [-0.2, 0) is 4.74 Å². The van der Waals surface area contributed by atoms with E-state index in [1.165, 1.54) is 32.1 Å². The van der Waals surface area contributed by atoms with Gasteiger partial charge in [0.1, 0.15) is 0 Å². The fourth-order valence-corrected chi connectivity index (χ4v) is 1.92. The van der Waals surface area contributed by atoms with E-state index >= 15 is 0 Å². The van der Waals surface area contributed by atoms with Gasteiger partial charge in [-0.2, -0.15) is 0 Å². The number of nitrogens with one attached hydrogen (secondary N) is 1. The van der Waals surface area contributed by atoms with Crippen molar-refractivity contribution in [2.45, 2.75) is 38.2 Å². The summed E-state index contributed by atoms with van der Waals surface area (Å²) in [5, 5.41) is 10.2. The molecule has 0 aromatic carbocycles. The minimum Gasteiger partial charge on any atom is -0.390 e. The molecule has 3 N–H and O–H groups in total. The fraction of sp³-hybridized carbons (Fsp3) is 0.800. The molecule has 0 saturated heterocycles. The lowest BCUT2D eigenvalue weighted by Gasteiger charge is -2.21. The first-order valence-electron chi connectivity index (χ1n) is 5.79. The number of ether oxygens (including phenoxy) is 1. The number of aromatic nitrogens is 2. The van der Waals surface area contributed by atoms with Crippen LogP contribution in [0.3, 0.4) is 0 Å². The molecule has 16 heavy (non-hydrogen) atoms. The van der Waals surface area contributed by atoms with Crippen molar-refractivity contribution in [1.82, 2.24) is 10.2 Å². The molecule has 1 aliphatic rings. The van der Waals surface area contributed by atoms with Crippen LogP contribution in [0.25, 0.3) is 0 Å². The van der Waals surface area contributed by atoms with Gasteiger partial charge in [0, 0.05) is 6.54 Å². The molecule has 2 rings (SSSR count). The molecule has 1 aromatic rings. The molecule has 1 heterocycles. The summed E-state index contributed by atoms with van der Waals surface area (Å²) in [4.78, 5) is 0. The Morgan fingerprint density at radius 2 is 2.12 bits per heavy atom. The predicted molar refractivity (Wildman–Crippen MR) is 60.0 cm³/mol. The van der Waals surface area contributed by atoms with Crippen molar-refractivity contribution in [3.8, 4) is 0 Å². The van der Waals surface area contributed by atoms with E-state index in [0.29, 0.717) is 25.3 Å². The third-order valence-corrected chi connectivity index (χ3v) is 2.72. The Morgan fingerprint density at radius 3 is 2.81 bits per heavy atom. The highest BCUT2D eigenvalue weighted by atomic mass is 16.5. The number of hydrogen-bond acceptors (Lipinski definition) is 6. The predicted octanol–water partition coefficient (Wildman–Crippen LogP) is 1.41. The molecule has 1 aromatic heterocycles. The second-order valence-corrected chi connectivity index (χ2v) is 4.00. The third-order valence-electron chi connectivity index (χ3n) is 2.72. The molecule has 1 fully saturated rings. The second-order valence-electron chi connectivity index (χ2n) is 4.00. The summed E-state index contributed by atoms with van der Waals surface area (Å²) in [6.45, 7) is 1.32. The molecule has 1 aliphatic carbocycles. The van der Waals surface area contributed by atoms with Gasteiger partial charge in [-0.25, -0.2) is 0 Å². The van der Waals surface area contributed by atoms with Crippen LogP contribution in [0, 0.1) is 0 Å². The van der Waals surface area contributed by atoms with Crippen molar-refractivity contribution in [3.05, 3.63) is 0 Å². The van der Waals surface area contributed by atoms with Crippen molar-refractivity contribution in [3.63, 3.8) is 0 Å². The molecule has 1 saturated carbocycles. The van der Waals surface area contributed by atoms with Gasteiger partial charge >= 0.3 is 12.0 Å². The number of rotatable bonds is 5. The van der Waals surface area contributed by atoms with Gasteiger partial charge in [-0.05, 0) is 12.8 Å². The van der Waals surface area contributed by atoms with Gasteiger partial charge in [-0.15, -0.1) is 0 Å². The molecule has 0 atom stereocenters. The lowest BCUT2D eigenvalue weighted by atomic mass is 9.98. The molecule has 90 valence electrons. The standard InChI is InChI=1S/C10H18N4O2/c11-9-13-14-10(16-9)12-6-7-15-8-4-2-1-3-5-8/h8H,1-7H2,(H2,11,13)(H,12,14). The average molecular weight is 226 g/mol. The Bertz CT molecular complexity index is 310. The number of nitrogens with two attached hydrogens (primary N) is 1. The maximum atomic E-state index is 5.73. The van der Waals surface area contributed by atoms with Crippen molar-refractivity contribution in [2.24, 2.45) is 0 Å². The summed E-state index contributed by atoms with van der Waals surface area (Å²) in [5.74, 6) is 0. The van der Waals surface area contributed by atoms with Gasteiger partial charge in [0.2, 0.25) is 0 Å². The Hall–Kier alpha value is -1.30. The third kappa shape index (κ3) is 3.37. The van der Waals surface area contributed by atoms with E-state index < -0.39 is 0 Å². The van der Waals surface area contributed by atoms with Crippen LogP contribution in [0.15, 0.2) is 4.42 Å². The van der Waals surface area contributed by atoms with Crippen molar-refractivity contribution >= 4 is 12.0 Å². The second kappa shape index (κ2) is 5.69. The minimum atomic E-state index is 0.0794. The molecular weight excluding hydrogens is 208 g/mol. The molecule has 6 nitrogen and oxygen atoms in total. The van der Waals surface area contributed by atoms with Crippen LogP contribution in [-0.4, -0.2) is 29.5 Å². The van der Waals surface area contributed by atoms with E-state index in [2.05, 4.69) is 15.5 Å². The van der Waals surface area contributed by atoms with E-state index in [-0.39, 0.29) is 6.01 Å². The van der Waals surface area contributed by atoms with Crippen LogP contribution in [0.4, 0.5) is 12.0 Å². The number of nitrogens with zero attached hydrogens (tertiary/aromatic N) is 2. The summed E-state index contributed by atoms with van der Waals surface area (Å²) in [6, 6.07) is 0.431. The zero-order valence-corrected chi connectivity index (χ0v) is 9.32. The number of nitrogen functional groups attached to an aromatic ring is 1. The van der Waals surface area contributed by atoms with Crippen molar-refractivity contribution in [2.75, 3.05) is 24.2 Å². The van der Waals surface area contributed by atoms with E-state index in [4.69, 9.17) is 14.9 Å². The highest BCUT2D eigenvalue weighted by Gasteiger charge is 2.13. The lowest BCUT2D eigenvalue weighted by molar-refractivity contribution is 0.0346. The van der Waals surface area contributed by atoms with Gasteiger partial charge in [0.05, 0.1) is 12.7 Å². The molecular formula is C10H18N4O2. The van der Waals surface area contributed by atoms with Crippen LogP contribution in [0.1, 0.15) is 32.1 Å². The van der Waals surface area contributed by atoms with E-state index in [9.17, 15) is 0 Å². The summed E-state index contributed by atoms with van der Waals surface area (Å²) < 4.78 is 10.7. The molecule has 6 heteroatoms. The summed E-state index contributed by atoms with van der Waals surface area (Å²) in [7, 11) is 0. The Balaban J connectivity index is 1.57. The summed E-state index contributed by atoms with van der Waals surface area (Å²) in [6.07, 6.45) is 6.74. The lowest BCUT2D eigenvalue weighted by Crippen LogP contribution is -2.20. The highest BCUT2D eigenvalue weighted by Crippen LogP contribution is 2.19. The Morgan fingerprint density at radius 1 is 1.31 bits per heavy atom. The first-order chi connectivity index (χ1) is 7.84. The quantitative estimate of drug-likeness (QED) is 0.738. The fourth-order valence-electron chi connectivity index (χ4n) is 1.92. The van der Waals surface area contributed by atoms with Gasteiger partial charge in [-0.1, -0.05) is 29.5 Å². The van der Waals surface area contributed by atoms with E-state index in [0.717, 1.165) is 0 Å². The number of hydrogen-bond donors (Lipinski definition) is 2. The van der Waals surface area contributed by atoms with Crippen LogP contribution in [0.5, 0.6) is 0 Å². The maximum absolute atomic E-state index is 5.73. The minimum absolute atomic E-state index is 0.0794. The van der Waals surface area contributed by atoms with Crippen LogP contribution < -0.4 is 11.1 Å². The van der Waals surface area contributed by atoms with Crippen molar-refractivity contribution in [1.29, 1.82) is 0 Å². The van der Waals surface area contributed by atoms with Crippen LogP contribution >= 0.6 is 0 Å². The van der Waals surface area contributed by atoms with E-state index in [1.807, 2.05) is 0 Å². The topological polar surface area (TPSA) is 86.2 Å². The number of anilines is 2. The monoisotopic (exact) mass is 226 g/mol. The average Bonchev–Trinajstić information content (AvgIpc) is 2.72. The van der Waals surface area contributed by atoms with E-state index in [1.54, 1.807) is 0 Å². The van der Waals surface area contributed by atoms with Crippen molar-refractivity contribution < 1.29 is 9.15 Å². The molecule has 0 bridgehead atoms. The molecule has 0 unspecified atom stereocenters. The Kier molecular flexibility index (Phi) is 3.98. The summed E-state index contributed by atoms with van der Waals surface area (Å²) in [5.41, 5.74) is 5.29. The van der Waals surface area contributed by atoms with Crippen LogP contribution in [0.2, 0.25) is 0 Å². The highest BCUT2D eigenvalue weighted by molar-refractivity contribution is 5.21. The van der Waals surface area contributed by atoms with Gasteiger partial charge in [-0.3, -0.25) is 0 Å².